The van der Waals surface area contributed by atoms with Gasteiger partial charge in [0.15, 0.2) is 0 Å². The van der Waals surface area contributed by atoms with Crippen molar-refractivity contribution in [2.24, 2.45) is 5.73 Å². The van der Waals surface area contributed by atoms with Gasteiger partial charge in [0.1, 0.15) is 0 Å². The minimum atomic E-state index is -2.68. The third-order valence-corrected chi connectivity index (χ3v) is 4.21. The Bertz CT molecular complexity index is 521. The molecule has 0 aliphatic carbocycles. The summed E-state index contributed by atoms with van der Waals surface area (Å²) in [5, 5.41) is 3.82. The van der Waals surface area contributed by atoms with Crippen LogP contribution in [0.3, 0.4) is 0 Å². The van der Waals surface area contributed by atoms with Gasteiger partial charge >= 0.3 is 6.55 Å². The molecule has 22 heavy (non-hydrogen) atoms. The van der Waals surface area contributed by atoms with Gasteiger partial charge in [0.25, 0.3) is 0 Å². The standard InChI is InChI=1S/C14H22F2N4O.ClH/c1-9-12(10(2)20(18-9)14(15)16)7-13(21)19-6-4-3-5-11(19)8-17;/h11,14H,3-8,17H2,1-2H3;1H. The Morgan fingerprint density at radius 1 is 1.41 bits per heavy atom. The van der Waals surface area contributed by atoms with Crippen LogP contribution in [0.5, 0.6) is 0 Å². The molecule has 1 amide bonds. The zero-order chi connectivity index (χ0) is 15.6. The first kappa shape index (κ1) is 18.8. The van der Waals surface area contributed by atoms with Crippen LogP contribution in [-0.2, 0) is 11.2 Å². The number of carbonyl (C=O) groups excluding carboxylic acids is 1. The Hall–Kier alpha value is -1.21. The molecule has 2 N–H and O–H groups in total. The van der Waals surface area contributed by atoms with Crippen molar-refractivity contribution in [3.05, 3.63) is 17.0 Å². The van der Waals surface area contributed by atoms with Gasteiger partial charge in [0.2, 0.25) is 5.91 Å². The second-order valence-corrected chi connectivity index (χ2v) is 5.52. The Morgan fingerprint density at radius 2 is 2.09 bits per heavy atom. The predicted octanol–water partition coefficient (Wildman–Crippen LogP) is 2.20. The lowest BCUT2D eigenvalue weighted by Gasteiger charge is -2.35. The molecular weight excluding hydrogens is 314 g/mol. The number of aryl methyl sites for hydroxylation is 1. The highest BCUT2D eigenvalue weighted by Gasteiger charge is 2.27. The van der Waals surface area contributed by atoms with Crippen LogP contribution in [0.25, 0.3) is 0 Å². The highest BCUT2D eigenvalue weighted by molar-refractivity contribution is 5.85. The second kappa shape index (κ2) is 7.87. The number of rotatable bonds is 4. The topological polar surface area (TPSA) is 64.2 Å². The zero-order valence-electron chi connectivity index (χ0n) is 12.9. The van der Waals surface area contributed by atoms with E-state index in [0.29, 0.717) is 34.7 Å². The minimum Gasteiger partial charge on any atom is -0.338 e. The van der Waals surface area contributed by atoms with Gasteiger partial charge in [-0.05, 0) is 33.1 Å². The van der Waals surface area contributed by atoms with Crippen LogP contribution in [0.1, 0.15) is 42.8 Å². The van der Waals surface area contributed by atoms with Gasteiger partial charge in [-0.1, -0.05) is 0 Å². The number of nitrogens with two attached hydrogens (primary N) is 1. The molecule has 126 valence electrons. The first-order valence-corrected chi connectivity index (χ1v) is 7.28. The first-order valence-electron chi connectivity index (χ1n) is 7.28. The maximum Gasteiger partial charge on any atom is 0.333 e. The molecule has 0 radical (unpaired) electrons. The van der Waals surface area contributed by atoms with E-state index in [0.717, 1.165) is 19.3 Å². The minimum absolute atomic E-state index is 0. The smallest absolute Gasteiger partial charge is 0.333 e. The molecule has 1 aromatic rings. The number of halogens is 3. The maximum atomic E-state index is 12.8. The van der Waals surface area contributed by atoms with Gasteiger partial charge in [0.05, 0.1) is 12.1 Å². The van der Waals surface area contributed by atoms with Gasteiger partial charge < -0.3 is 10.6 Å². The number of nitrogens with zero attached hydrogens (tertiary/aromatic N) is 3. The van der Waals surface area contributed by atoms with E-state index in [1.54, 1.807) is 18.7 Å². The van der Waals surface area contributed by atoms with E-state index in [4.69, 9.17) is 5.73 Å². The number of likely N-dealkylation sites (tertiary alicyclic amines) is 1. The second-order valence-electron chi connectivity index (χ2n) is 5.52. The molecule has 5 nitrogen and oxygen atoms in total. The highest BCUT2D eigenvalue weighted by Crippen LogP contribution is 2.22. The Labute approximate surface area is 135 Å². The predicted molar refractivity (Wildman–Crippen MR) is 82.3 cm³/mol. The van der Waals surface area contributed by atoms with Crippen molar-refractivity contribution in [3.8, 4) is 0 Å². The van der Waals surface area contributed by atoms with Crippen LogP contribution in [0.4, 0.5) is 8.78 Å². The van der Waals surface area contributed by atoms with Crippen LogP contribution in [-0.4, -0.2) is 39.7 Å². The van der Waals surface area contributed by atoms with Crippen molar-refractivity contribution in [1.82, 2.24) is 14.7 Å². The van der Waals surface area contributed by atoms with E-state index in [-0.39, 0.29) is 30.8 Å². The van der Waals surface area contributed by atoms with Gasteiger partial charge in [-0.2, -0.15) is 13.9 Å². The molecule has 1 fully saturated rings. The lowest BCUT2D eigenvalue weighted by molar-refractivity contribution is -0.133. The Morgan fingerprint density at radius 3 is 2.64 bits per heavy atom. The highest BCUT2D eigenvalue weighted by atomic mass is 35.5. The van der Waals surface area contributed by atoms with Crippen LogP contribution >= 0.6 is 12.4 Å². The fraction of sp³-hybridized carbons (Fsp3) is 0.714. The zero-order valence-corrected chi connectivity index (χ0v) is 13.7. The molecule has 0 bridgehead atoms. The molecule has 1 atom stereocenters. The lowest BCUT2D eigenvalue weighted by atomic mass is 10.0. The van der Waals surface area contributed by atoms with E-state index >= 15 is 0 Å². The summed E-state index contributed by atoms with van der Waals surface area (Å²) in [5.41, 5.74) is 7.16. The molecule has 0 spiro atoms. The monoisotopic (exact) mass is 336 g/mol. The summed E-state index contributed by atoms with van der Waals surface area (Å²) in [5.74, 6) is -0.0508. The summed E-state index contributed by atoms with van der Waals surface area (Å²) in [6, 6.07) is 0.0667. The third-order valence-electron chi connectivity index (χ3n) is 4.21. The van der Waals surface area contributed by atoms with Crippen LogP contribution in [0.15, 0.2) is 0 Å². The van der Waals surface area contributed by atoms with E-state index in [2.05, 4.69) is 5.10 Å². The first-order chi connectivity index (χ1) is 9.95. The van der Waals surface area contributed by atoms with Gasteiger partial charge in [-0.3, -0.25) is 4.79 Å². The molecule has 1 unspecified atom stereocenters. The van der Waals surface area contributed by atoms with Gasteiger partial charge in [-0.15, -0.1) is 12.4 Å². The lowest BCUT2D eigenvalue weighted by Crippen LogP contribution is -2.48. The number of aromatic nitrogens is 2. The van der Waals surface area contributed by atoms with Crippen molar-refractivity contribution in [3.63, 3.8) is 0 Å². The van der Waals surface area contributed by atoms with Crippen molar-refractivity contribution in [2.75, 3.05) is 13.1 Å². The number of carbonyl (C=O) groups is 1. The molecule has 1 saturated heterocycles. The average molecular weight is 337 g/mol. The Balaban J connectivity index is 0.00000242. The summed E-state index contributed by atoms with van der Waals surface area (Å²) in [7, 11) is 0. The summed E-state index contributed by atoms with van der Waals surface area (Å²) in [6.45, 7) is 1.69. The number of hydrogen-bond donors (Lipinski definition) is 1. The van der Waals surface area contributed by atoms with Crippen molar-refractivity contribution in [1.29, 1.82) is 0 Å². The summed E-state index contributed by atoms with van der Waals surface area (Å²) < 4.78 is 26.3. The fourth-order valence-electron chi connectivity index (χ4n) is 2.97. The molecule has 8 heteroatoms. The molecule has 0 aromatic carbocycles. The van der Waals surface area contributed by atoms with E-state index in [1.807, 2.05) is 0 Å². The van der Waals surface area contributed by atoms with Crippen LogP contribution in [0.2, 0.25) is 0 Å². The molecule has 2 rings (SSSR count). The van der Waals surface area contributed by atoms with Crippen LogP contribution < -0.4 is 5.73 Å². The molecule has 1 aliphatic rings. The summed E-state index contributed by atoms with van der Waals surface area (Å²) >= 11 is 0. The Kier molecular flexibility index (Phi) is 6.74. The van der Waals surface area contributed by atoms with E-state index in [9.17, 15) is 13.6 Å². The van der Waals surface area contributed by atoms with Crippen molar-refractivity contribution < 1.29 is 13.6 Å². The quantitative estimate of drug-likeness (QED) is 0.916. The number of amides is 1. The SMILES string of the molecule is Cc1nn(C(F)F)c(C)c1CC(=O)N1CCCCC1CN.Cl. The number of hydrogen-bond acceptors (Lipinski definition) is 3. The van der Waals surface area contributed by atoms with Crippen molar-refractivity contribution in [2.45, 2.75) is 52.1 Å². The maximum absolute atomic E-state index is 12.8. The van der Waals surface area contributed by atoms with Gasteiger partial charge in [-0.25, -0.2) is 4.68 Å². The largest absolute Gasteiger partial charge is 0.338 e. The molecule has 1 aliphatic heterocycles. The fourth-order valence-corrected chi connectivity index (χ4v) is 2.97. The van der Waals surface area contributed by atoms with Crippen molar-refractivity contribution >= 4 is 18.3 Å². The normalized spacial score (nSPS) is 18.5. The number of piperidine rings is 1. The number of alkyl halides is 2. The summed E-state index contributed by atoms with van der Waals surface area (Å²) in [4.78, 5) is 14.3. The molecular formula is C14H23ClF2N4O. The van der Waals surface area contributed by atoms with E-state index < -0.39 is 6.55 Å². The summed E-state index contributed by atoms with van der Waals surface area (Å²) in [6.07, 6.45) is 3.07. The van der Waals surface area contributed by atoms with Gasteiger partial charge in [0, 0.05) is 30.4 Å². The third kappa shape index (κ3) is 3.76. The molecule has 2 heterocycles. The molecule has 1 aromatic heterocycles. The van der Waals surface area contributed by atoms with E-state index in [1.165, 1.54) is 0 Å². The molecule has 0 saturated carbocycles. The van der Waals surface area contributed by atoms with Crippen LogP contribution in [0, 0.1) is 13.8 Å². The average Bonchev–Trinajstić information content (AvgIpc) is 2.75.